The Morgan fingerprint density at radius 1 is 0.737 bits per heavy atom. The molecule has 0 spiro atoms. The van der Waals surface area contributed by atoms with Crippen molar-refractivity contribution in [3.05, 3.63) is 11.6 Å². The third-order valence-electron chi connectivity index (χ3n) is 3.45. The number of hydrogen-bond donors (Lipinski definition) is 6. The topological polar surface area (TPSA) is 156 Å². The fourth-order valence-electron chi connectivity index (χ4n) is 2.44. The molecule has 0 bridgehead atoms. The molecule has 0 amide bonds. The van der Waals surface area contributed by atoms with Crippen LogP contribution in [0.2, 0.25) is 0 Å². The van der Waals surface area contributed by atoms with Crippen LogP contribution in [-0.4, -0.2) is 0 Å². The molecule has 2 rings (SSSR count). The molecule has 2 aromatic rings. The van der Waals surface area contributed by atoms with Crippen molar-refractivity contribution in [2.75, 3.05) is 34.4 Å². The van der Waals surface area contributed by atoms with Crippen LogP contribution in [0.15, 0.2) is 6.07 Å². The highest BCUT2D eigenvalue weighted by Crippen LogP contribution is 2.45. The first-order chi connectivity index (χ1) is 8.77. The molecule has 0 fully saturated rings. The van der Waals surface area contributed by atoms with Crippen molar-refractivity contribution in [3.63, 3.8) is 0 Å². The van der Waals surface area contributed by atoms with Gasteiger partial charge in [-0.3, -0.25) is 0 Å². The van der Waals surface area contributed by atoms with Crippen LogP contribution in [-0.2, 0) is 0 Å². The van der Waals surface area contributed by atoms with Gasteiger partial charge in [0.15, 0.2) is 0 Å². The molecule has 0 aliphatic carbocycles. The molecular formula is C13H20N6. The quantitative estimate of drug-likeness (QED) is 0.426. The van der Waals surface area contributed by atoms with E-state index in [2.05, 4.69) is 0 Å². The number of rotatable bonds is 1. The van der Waals surface area contributed by atoms with Crippen molar-refractivity contribution in [3.8, 4) is 0 Å². The van der Waals surface area contributed by atoms with Crippen LogP contribution >= 0.6 is 0 Å². The van der Waals surface area contributed by atoms with Crippen LogP contribution in [0.4, 0.5) is 34.1 Å². The second-order valence-corrected chi connectivity index (χ2v) is 5.03. The van der Waals surface area contributed by atoms with Gasteiger partial charge in [-0.25, -0.2) is 0 Å². The number of nitrogen functional groups attached to an aromatic ring is 6. The molecule has 0 aromatic heterocycles. The summed E-state index contributed by atoms with van der Waals surface area (Å²) >= 11 is 0. The molecule has 2 aromatic carbocycles. The Hall–Kier alpha value is -2.50. The molecule has 0 aliphatic heterocycles. The molecule has 6 heteroatoms. The summed E-state index contributed by atoms with van der Waals surface area (Å²) in [7, 11) is 0. The highest BCUT2D eigenvalue weighted by molar-refractivity contribution is 6.15. The van der Waals surface area contributed by atoms with Gasteiger partial charge >= 0.3 is 0 Å². The zero-order valence-corrected chi connectivity index (χ0v) is 11.1. The average molecular weight is 260 g/mol. The normalized spacial score (nSPS) is 11.3. The summed E-state index contributed by atoms with van der Waals surface area (Å²) in [6.07, 6.45) is 0. The number of fused-ring (bicyclic) bond motifs is 1. The molecule has 0 radical (unpaired) electrons. The minimum atomic E-state index is 0.160. The van der Waals surface area contributed by atoms with Crippen molar-refractivity contribution in [1.82, 2.24) is 0 Å². The Morgan fingerprint density at radius 2 is 1.26 bits per heavy atom. The fourth-order valence-corrected chi connectivity index (χ4v) is 2.44. The average Bonchev–Trinajstić information content (AvgIpc) is 2.33. The van der Waals surface area contributed by atoms with Crippen LogP contribution in [0.3, 0.4) is 0 Å². The lowest BCUT2D eigenvalue weighted by Crippen LogP contribution is -2.09. The fraction of sp³-hybridized carbons (Fsp3) is 0.231. The van der Waals surface area contributed by atoms with E-state index < -0.39 is 0 Å². The first-order valence-corrected chi connectivity index (χ1v) is 6.00. The van der Waals surface area contributed by atoms with E-state index in [0.717, 1.165) is 10.9 Å². The third-order valence-corrected chi connectivity index (χ3v) is 3.45. The summed E-state index contributed by atoms with van der Waals surface area (Å²) in [4.78, 5) is 0. The van der Waals surface area contributed by atoms with Gasteiger partial charge in [0, 0.05) is 5.39 Å². The van der Waals surface area contributed by atoms with E-state index in [0.29, 0.717) is 39.5 Å². The number of anilines is 6. The Morgan fingerprint density at radius 3 is 1.79 bits per heavy atom. The predicted octanol–water partition coefficient (Wildman–Crippen LogP) is 1.46. The Labute approximate surface area is 111 Å². The van der Waals surface area contributed by atoms with Gasteiger partial charge in [0.1, 0.15) is 0 Å². The number of nitrogens with two attached hydrogens (primary N) is 6. The zero-order valence-electron chi connectivity index (χ0n) is 11.1. The van der Waals surface area contributed by atoms with Crippen molar-refractivity contribution in [2.45, 2.75) is 19.8 Å². The minimum absolute atomic E-state index is 0.160. The van der Waals surface area contributed by atoms with Gasteiger partial charge in [-0.15, -0.1) is 0 Å². The monoisotopic (exact) mass is 260 g/mol. The van der Waals surface area contributed by atoms with Gasteiger partial charge in [0.05, 0.1) is 34.1 Å². The minimum Gasteiger partial charge on any atom is -0.397 e. The van der Waals surface area contributed by atoms with Crippen molar-refractivity contribution < 1.29 is 0 Å². The molecule has 0 atom stereocenters. The van der Waals surface area contributed by atoms with Crippen LogP contribution in [0.25, 0.3) is 10.8 Å². The molecule has 12 N–H and O–H groups in total. The Kier molecular flexibility index (Phi) is 2.73. The summed E-state index contributed by atoms with van der Waals surface area (Å²) < 4.78 is 0. The van der Waals surface area contributed by atoms with E-state index in [1.165, 1.54) is 0 Å². The first kappa shape index (κ1) is 12.9. The molecule has 6 nitrogen and oxygen atoms in total. The van der Waals surface area contributed by atoms with Crippen molar-refractivity contribution in [2.24, 2.45) is 0 Å². The van der Waals surface area contributed by atoms with Crippen LogP contribution in [0, 0.1) is 0 Å². The summed E-state index contributed by atoms with van der Waals surface area (Å²) in [5.74, 6) is 0.160. The van der Waals surface area contributed by atoms with Crippen molar-refractivity contribution in [1.29, 1.82) is 0 Å². The van der Waals surface area contributed by atoms with Gasteiger partial charge in [0.2, 0.25) is 0 Å². The third kappa shape index (κ3) is 1.64. The molecule has 0 heterocycles. The second kappa shape index (κ2) is 4.01. The predicted molar refractivity (Wildman–Crippen MR) is 84.5 cm³/mol. The van der Waals surface area contributed by atoms with Gasteiger partial charge in [-0.05, 0) is 22.9 Å². The molecule has 19 heavy (non-hydrogen) atoms. The lowest BCUT2D eigenvalue weighted by molar-refractivity contribution is 0.880. The standard InChI is InChI=1S/C13H20N6/c1-4(2)7-5-3-6(14)9(15)11(17)8(5)12(18)13(19)10(7)16/h3-4H,14-19H2,1-2H3. The maximum atomic E-state index is 6.07. The number of hydrogen-bond acceptors (Lipinski definition) is 6. The van der Waals surface area contributed by atoms with E-state index in [1.54, 1.807) is 6.07 Å². The van der Waals surface area contributed by atoms with Gasteiger partial charge in [-0.1, -0.05) is 13.8 Å². The summed E-state index contributed by atoms with van der Waals surface area (Å²) in [5, 5.41) is 1.44. The molecule has 102 valence electrons. The number of benzene rings is 2. The Balaban J connectivity index is 3.12. The van der Waals surface area contributed by atoms with Gasteiger partial charge in [0.25, 0.3) is 0 Å². The van der Waals surface area contributed by atoms with E-state index in [4.69, 9.17) is 34.4 Å². The zero-order chi connectivity index (χ0) is 14.5. The van der Waals surface area contributed by atoms with E-state index in [9.17, 15) is 0 Å². The highest BCUT2D eigenvalue weighted by Gasteiger charge is 2.20. The highest BCUT2D eigenvalue weighted by atomic mass is 14.8. The second-order valence-electron chi connectivity index (χ2n) is 5.03. The molecule has 0 aliphatic rings. The Bertz CT molecular complexity index is 667. The summed E-state index contributed by atoms with van der Waals surface area (Å²) in [6, 6.07) is 1.75. The first-order valence-electron chi connectivity index (χ1n) is 6.00. The van der Waals surface area contributed by atoms with Crippen LogP contribution in [0.5, 0.6) is 0 Å². The smallest absolute Gasteiger partial charge is 0.0791 e. The lowest BCUT2D eigenvalue weighted by Gasteiger charge is -2.20. The molecule has 0 unspecified atom stereocenters. The SMILES string of the molecule is CC(C)c1c(N)c(N)c(N)c2c(N)c(N)c(N)cc12. The van der Waals surface area contributed by atoms with Crippen LogP contribution < -0.4 is 34.4 Å². The molecular weight excluding hydrogens is 240 g/mol. The maximum absolute atomic E-state index is 6.07. The van der Waals surface area contributed by atoms with E-state index in [1.807, 2.05) is 13.8 Å². The van der Waals surface area contributed by atoms with Gasteiger partial charge in [-0.2, -0.15) is 0 Å². The molecule has 0 saturated heterocycles. The van der Waals surface area contributed by atoms with Crippen molar-refractivity contribution >= 4 is 44.9 Å². The summed E-state index contributed by atoms with van der Waals surface area (Å²) in [5.41, 5.74) is 39.0. The van der Waals surface area contributed by atoms with E-state index >= 15 is 0 Å². The maximum Gasteiger partial charge on any atom is 0.0791 e. The van der Waals surface area contributed by atoms with Gasteiger partial charge < -0.3 is 34.4 Å². The largest absolute Gasteiger partial charge is 0.397 e. The van der Waals surface area contributed by atoms with E-state index in [-0.39, 0.29) is 5.92 Å². The lowest BCUT2D eigenvalue weighted by atomic mass is 9.90. The molecule has 0 saturated carbocycles. The van der Waals surface area contributed by atoms with Crippen LogP contribution in [0.1, 0.15) is 25.3 Å². The summed E-state index contributed by atoms with van der Waals surface area (Å²) in [6.45, 7) is 4.03.